The highest BCUT2D eigenvalue weighted by Crippen LogP contribution is 2.38. The third kappa shape index (κ3) is 2.89. The Morgan fingerprint density at radius 2 is 2.00 bits per heavy atom. The number of nitrogens with zero attached hydrogens (tertiary/aromatic N) is 2. The lowest BCUT2D eigenvalue weighted by molar-refractivity contribution is 0.0735. The summed E-state index contributed by atoms with van der Waals surface area (Å²) in [6.07, 6.45) is 1.61. The molecule has 2 aromatic carbocycles. The third-order valence-electron chi connectivity index (χ3n) is 4.35. The first-order chi connectivity index (χ1) is 12.0. The lowest BCUT2D eigenvalue weighted by Gasteiger charge is -2.23. The van der Waals surface area contributed by atoms with Crippen molar-refractivity contribution in [3.05, 3.63) is 63.6 Å². The number of rotatable bonds is 2. The minimum absolute atomic E-state index is 0.0198. The molecule has 1 atom stereocenters. The van der Waals surface area contributed by atoms with Gasteiger partial charge < -0.3 is 4.90 Å². The quantitative estimate of drug-likeness (QED) is 0.574. The molecule has 25 heavy (non-hydrogen) atoms. The van der Waals surface area contributed by atoms with Crippen molar-refractivity contribution in [2.24, 2.45) is 0 Å². The van der Waals surface area contributed by atoms with Crippen LogP contribution >= 0.6 is 22.9 Å². The average molecular weight is 379 g/mol. The number of carbonyl (C=O) groups is 1. The smallest absolute Gasteiger partial charge is 0.256 e. The average Bonchev–Trinajstić information content (AvgIpc) is 3.23. The molecule has 1 fully saturated rings. The standard InChI is InChI=1S/C18H13ClF2N2OS/c19-11-9-13(21)12(20)8-10(11)18(24)23-7-3-5-15(23)17-22-14-4-1-2-6-16(14)25-17/h1-2,4,6,8-9,15H,3,5,7H2. The van der Waals surface area contributed by atoms with Gasteiger partial charge in [0.2, 0.25) is 0 Å². The number of hydrogen-bond acceptors (Lipinski definition) is 3. The summed E-state index contributed by atoms with van der Waals surface area (Å²) in [5.41, 5.74) is 0.876. The molecule has 0 aliphatic carbocycles. The van der Waals surface area contributed by atoms with E-state index in [2.05, 4.69) is 4.98 Å². The van der Waals surface area contributed by atoms with Crippen LogP contribution in [0.1, 0.15) is 34.2 Å². The van der Waals surface area contributed by atoms with Gasteiger partial charge in [0.05, 0.1) is 26.8 Å². The number of thiazole rings is 1. The fourth-order valence-electron chi connectivity index (χ4n) is 3.14. The van der Waals surface area contributed by atoms with Gasteiger partial charge in [-0.15, -0.1) is 11.3 Å². The Morgan fingerprint density at radius 1 is 1.24 bits per heavy atom. The van der Waals surface area contributed by atoms with Crippen LogP contribution in [0.15, 0.2) is 36.4 Å². The molecule has 0 saturated carbocycles. The number of fused-ring (bicyclic) bond motifs is 1. The predicted octanol–water partition coefficient (Wildman–Crippen LogP) is 5.21. The monoisotopic (exact) mass is 378 g/mol. The molecule has 1 saturated heterocycles. The molecule has 0 spiro atoms. The van der Waals surface area contributed by atoms with E-state index in [1.54, 1.807) is 16.2 Å². The van der Waals surface area contributed by atoms with Gasteiger partial charge in [0.25, 0.3) is 5.91 Å². The first kappa shape index (κ1) is 16.4. The van der Waals surface area contributed by atoms with E-state index in [0.717, 1.165) is 40.2 Å². The van der Waals surface area contributed by atoms with Crippen LogP contribution in [0.25, 0.3) is 10.2 Å². The number of aromatic nitrogens is 1. The zero-order valence-electron chi connectivity index (χ0n) is 13.0. The number of halogens is 3. The van der Waals surface area contributed by atoms with E-state index in [4.69, 9.17) is 11.6 Å². The minimum Gasteiger partial charge on any atom is -0.329 e. The van der Waals surface area contributed by atoms with E-state index in [0.29, 0.717) is 6.54 Å². The third-order valence-corrected chi connectivity index (χ3v) is 5.80. The molecular formula is C18H13ClF2N2OS. The lowest BCUT2D eigenvalue weighted by atomic mass is 10.1. The molecule has 1 aliphatic rings. The largest absolute Gasteiger partial charge is 0.329 e. The van der Waals surface area contributed by atoms with E-state index < -0.39 is 17.5 Å². The highest BCUT2D eigenvalue weighted by Gasteiger charge is 2.34. The molecule has 1 aliphatic heterocycles. The van der Waals surface area contributed by atoms with Gasteiger partial charge >= 0.3 is 0 Å². The summed E-state index contributed by atoms with van der Waals surface area (Å²) in [7, 11) is 0. The van der Waals surface area contributed by atoms with E-state index >= 15 is 0 Å². The second-order valence-corrected chi connectivity index (χ2v) is 7.39. The maximum atomic E-state index is 13.6. The summed E-state index contributed by atoms with van der Waals surface area (Å²) >= 11 is 7.51. The molecule has 0 radical (unpaired) electrons. The zero-order chi connectivity index (χ0) is 17.6. The number of hydrogen-bond donors (Lipinski definition) is 0. The normalized spacial score (nSPS) is 17.4. The van der Waals surface area contributed by atoms with Gasteiger partial charge in [0.15, 0.2) is 11.6 Å². The van der Waals surface area contributed by atoms with E-state index in [1.807, 2.05) is 24.3 Å². The van der Waals surface area contributed by atoms with Gasteiger partial charge in [-0.05, 0) is 37.1 Å². The van der Waals surface area contributed by atoms with Crippen LogP contribution < -0.4 is 0 Å². The first-order valence-electron chi connectivity index (χ1n) is 7.85. The highest BCUT2D eigenvalue weighted by atomic mass is 35.5. The van der Waals surface area contributed by atoms with E-state index in [-0.39, 0.29) is 16.6 Å². The molecule has 4 rings (SSSR count). The summed E-state index contributed by atoms with van der Waals surface area (Å²) < 4.78 is 27.9. The Hall–Kier alpha value is -2.05. The Balaban J connectivity index is 1.69. The van der Waals surface area contributed by atoms with Crippen molar-refractivity contribution in [1.82, 2.24) is 9.88 Å². The second-order valence-electron chi connectivity index (χ2n) is 5.92. The van der Waals surface area contributed by atoms with Gasteiger partial charge in [-0.25, -0.2) is 13.8 Å². The van der Waals surface area contributed by atoms with Gasteiger partial charge in [0, 0.05) is 6.54 Å². The minimum atomic E-state index is -1.08. The summed E-state index contributed by atoms with van der Waals surface area (Å²) in [5.74, 6) is -2.54. The van der Waals surface area contributed by atoms with Crippen molar-refractivity contribution in [3.63, 3.8) is 0 Å². The molecule has 1 aromatic heterocycles. The highest BCUT2D eigenvalue weighted by molar-refractivity contribution is 7.18. The van der Waals surface area contributed by atoms with Crippen LogP contribution in [-0.2, 0) is 0 Å². The lowest BCUT2D eigenvalue weighted by Crippen LogP contribution is -2.30. The number of likely N-dealkylation sites (tertiary alicyclic amines) is 1. The van der Waals surface area contributed by atoms with Crippen LogP contribution in [0.4, 0.5) is 8.78 Å². The van der Waals surface area contributed by atoms with Gasteiger partial charge in [-0.1, -0.05) is 23.7 Å². The van der Waals surface area contributed by atoms with E-state index in [1.165, 1.54) is 0 Å². The molecule has 3 aromatic rings. The maximum absolute atomic E-state index is 13.6. The van der Waals surface area contributed by atoms with Crippen LogP contribution in [0.5, 0.6) is 0 Å². The Morgan fingerprint density at radius 3 is 2.80 bits per heavy atom. The van der Waals surface area contributed by atoms with Gasteiger partial charge in [-0.3, -0.25) is 4.79 Å². The van der Waals surface area contributed by atoms with Gasteiger partial charge in [0.1, 0.15) is 5.01 Å². The topological polar surface area (TPSA) is 33.2 Å². The van der Waals surface area contributed by atoms with Crippen molar-refractivity contribution in [2.45, 2.75) is 18.9 Å². The van der Waals surface area contributed by atoms with Crippen molar-refractivity contribution in [1.29, 1.82) is 0 Å². The number of para-hydroxylation sites is 1. The molecule has 128 valence electrons. The fourth-order valence-corrected chi connectivity index (χ4v) is 4.49. The molecule has 1 amide bonds. The number of amides is 1. The molecule has 0 bridgehead atoms. The zero-order valence-corrected chi connectivity index (χ0v) is 14.6. The number of carbonyl (C=O) groups excluding carboxylic acids is 1. The second kappa shape index (κ2) is 6.35. The van der Waals surface area contributed by atoms with Crippen molar-refractivity contribution < 1.29 is 13.6 Å². The van der Waals surface area contributed by atoms with Crippen molar-refractivity contribution in [2.75, 3.05) is 6.54 Å². The Bertz CT molecular complexity index is 942. The van der Waals surface area contributed by atoms with Crippen LogP contribution in [0.2, 0.25) is 5.02 Å². The molecule has 2 heterocycles. The number of benzene rings is 2. The predicted molar refractivity (Wildman–Crippen MR) is 94.0 cm³/mol. The summed E-state index contributed by atoms with van der Waals surface area (Å²) in [6.45, 7) is 0.536. The van der Waals surface area contributed by atoms with Crippen LogP contribution in [0.3, 0.4) is 0 Å². The molecule has 3 nitrogen and oxygen atoms in total. The molecular weight excluding hydrogens is 366 g/mol. The summed E-state index contributed by atoms with van der Waals surface area (Å²) in [6, 6.07) is 9.33. The SMILES string of the molecule is O=C(c1cc(F)c(F)cc1Cl)N1CCCC1c1nc2ccccc2s1. The summed E-state index contributed by atoms with van der Waals surface area (Å²) in [4.78, 5) is 19.1. The molecule has 7 heteroatoms. The molecule has 1 unspecified atom stereocenters. The maximum Gasteiger partial charge on any atom is 0.256 e. The Labute approximate surface area is 151 Å². The van der Waals surface area contributed by atoms with Crippen LogP contribution in [0, 0.1) is 11.6 Å². The Kier molecular flexibility index (Phi) is 4.17. The first-order valence-corrected chi connectivity index (χ1v) is 9.05. The summed E-state index contributed by atoms with van der Waals surface area (Å²) in [5, 5.41) is 0.768. The van der Waals surface area contributed by atoms with Crippen LogP contribution in [-0.4, -0.2) is 22.3 Å². The molecule has 0 N–H and O–H groups in total. The van der Waals surface area contributed by atoms with E-state index in [9.17, 15) is 13.6 Å². The fraction of sp³-hybridized carbons (Fsp3) is 0.222. The van der Waals surface area contributed by atoms with Crippen molar-refractivity contribution in [3.8, 4) is 0 Å². The van der Waals surface area contributed by atoms with Gasteiger partial charge in [-0.2, -0.15) is 0 Å². The van der Waals surface area contributed by atoms with Crippen molar-refractivity contribution >= 4 is 39.1 Å².